The third-order valence-electron chi connectivity index (χ3n) is 2.65. The third-order valence-corrected chi connectivity index (χ3v) is 4.01. The van der Waals surface area contributed by atoms with Crippen LogP contribution in [0.1, 0.15) is 16.1 Å². The summed E-state index contributed by atoms with van der Waals surface area (Å²) in [7, 11) is 0. The zero-order chi connectivity index (χ0) is 12.1. The number of aryl methyl sites for hydroxylation is 1. The van der Waals surface area contributed by atoms with Crippen LogP contribution in [0.15, 0.2) is 29.8 Å². The van der Waals surface area contributed by atoms with Gasteiger partial charge in [0.1, 0.15) is 0 Å². The van der Waals surface area contributed by atoms with E-state index in [0.29, 0.717) is 0 Å². The van der Waals surface area contributed by atoms with E-state index in [9.17, 15) is 0 Å². The molecule has 2 nitrogen and oxygen atoms in total. The summed E-state index contributed by atoms with van der Waals surface area (Å²) >= 11 is 7.80. The Kier molecular flexibility index (Phi) is 4.54. The smallest absolute Gasteiger partial charge is 0.0797 e. The zero-order valence-corrected chi connectivity index (χ0v) is 11.3. The van der Waals surface area contributed by atoms with Crippen LogP contribution in [0.3, 0.4) is 0 Å². The van der Waals surface area contributed by atoms with Crippen LogP contribution < -0.4 is 5.32 Å². The van der Waals surface area contributed by atoms with E-state index in [1.807, 2.05) is 29.8 Å². The third kappa shape index (κ3) is 3.53. The maximum atomic E-state index is 6.08. The molecular weight excluding hydrogens is 252 g/mol. The highest BCUT2D eigenvalue weighted by atomic mass is 35.5. The van der Waals surface area contributed by atoms with E-state index in [4.69, 9.17) is 11.6 Å². The molecule has 0 radical (unpaired) electrons. The van der Waals surface area contributed by atoms with Gasteiger partial charge in [0.15, 0.2) is 0 Å². The fourth-order valence-corrected chi connectivity index (χ4v) is 2.62. The van der Waals surface area contributed by atoms with Gasteiger partial charge in [-0.3, -0.25) is 0 Å². The van der Waals surface area contributed by atoms with E-state index in [2.05, 4.69) is 17.2 Å². The van der Waals surface area contributed by atoms with Crippen molar-refractivity contribution in [3.8, 4) is 0 Å². The Morgan fingerprint density at radius 3 is 2.88 bits per heavy atom. The molecule has 0 aliphatic heterocycles. The zero-order valence-electron chi connectivity index (χ0n) is 9.74. The lowest BCUT2D eigenvalue weighted by Crippen LogP contribution is -2.16. The van der Waals surface area contributed by atoms with E-state index < -0.39 is 0 Å². The Balaban J connectivity index is 1.77. The van der Waals surface area contributed by atoms with Crippen LogP contribution in [-0.2, 0) is 13.0 Å². The van der Waals surface area contributed by atoms with Crippen LogP contribution in [0, 0.1) is 6.92 Å². The van der Waals surface area contributed by atoms with E-state index in [0.717, 1.165) is 35.8 Å². The van der Waals surface area contributed by atoms with Crippen molar-refractivity contribution >= 4 is 22.9 Å². The summed E-state index contributed by atoms with van der Waals surface area (Å²) in [6, 6.07) is 7.93. The van der Waals surface area contributed by atoms with Gasteiger partial charge in [-0.1, -0.05) is 29.8 Å². The van der Waals surface area contributed by atoms with Gasteiger partial charge in [0.2, 0.25) is 0 Å². The Bertz CT molecular complexity index is 482. The average molecular weight is 267 g/mol. The van der Waals surface area contributed by atoms with Crippen LogP contribution in [0.5, 0.6) is 0 Å². The van der Waals surface area contributed by atoms with Gasteiger partial charge in [-0.25, -0.2) is 4.98 Å². The quantitative estimate of drug-likeness (QED) is 0.839. The fraction of sp³-hybridized carbons (Fsp3) is 0.308. The number of nitrogens with zero attached hydrogens (tertiary/aromatic N) is 1. The minimum atomic E-state index is 0.817. The molecule has 0 unspecified atom stereocenters. The summed E-state index contributed by atoms with van der Waals surface area (Å²) in [5, 5.41) is 4.23. The molecule has 90 valence electrons. The second-order valence-electron chi connectivity index (χ2n) is 3.88. The van der Waals surface area contributed by atoms with Crippen molar-refractivity contribution in [2.75, 3.05) is 6.54 Å². The molecular formula is C13H15ClN2S. The number of hydrogen-bond acceptors (Lipinski definition) is 3. The topological polar surface area (TPSA) is 24.9 Å². The van der Waals surface area contributed by atoms with Gasteiger partial charge < -0.3 is 5.32 Å². The van der Waals surface area contributed by atoms with E-state index in [1.54, 1.807) is 11.3 Å². The highest BCUT2D eigenvalue weighted by Gasteiger charge is 2.01. The molecule has 0 saturated heterocycles. The van der Waals surface area contributed by atoms with Gasteiger partial charge in [0.05, 0.1) is 11.2 Å². The Labute approximate surface area is 111 Å². The summed E-state index contributed by atoms with van der Waals surface area (Å²) < 4.78 is 0. The summed E-state index contributed by atoms with van der Waals surface area (Å²) in [5.74, 6) is 0. The van der Waals surface area contributed by atoms with Crippen molar-refractivity contribution in [3.63, 3.8) is 0 Å². The van der Waals surface area contributed by atoms with Gasteiger partial charge >= 0.3 is 0 Å². The lowest BCUT2D eigenvalue weighted by Gasteiger charge is -2.06. The van der Waals surface area contributed by atoms with Crippen LogP contribution in [0.4, 0.5) is 0 Å². The maximum absolute atomic E-state index is 6.08. The Morgan fingerprint density at radius 2 is 2.18 bits per heavy atom. The molecule has 1 aromatic carbocycles. The van der Waals surface area contributed by atoms with Crippen molar-refractivity contribution < 1.29 is 0 Å². The number of hydrogen-bond donors (Lipinski definition) is 1. The first kappa shape index (κ1) is 12.6. The highest BCUT2D eigenvalue weighted by molar-refractivity contribution is 7.09. The SMILES string of the molecule is Cc1ncsc1CCNCc1ccccc1Cl. The standard InChI is InChI=1S/C13H15ClN2S/c1-10-13(17-9-16-10)6-7-15-8-11-4-2-3-5-12(11)14/h2-5,9,15H,6-8H2,1H3. The molecule has 0 atom stereocenters. The minimum Gasteiger partial charge on any atom is -0.312 e. The summed E-state index contributed by atoms with van der Waals surface area (Å²) in [5.41, 5.74) is 4.20. The van der Waals surface area contributed by atoms with Crippen LogP contribution in [0.2, 0.25) is 5.02 Å². The van der Waals surface area contributed by atoms with E-state index in [-0.39, 0.29) is 0 Å². The summed E-state index contributed by atoms with van der Waals surface area (Å²) in [6.45, 7) is 3.83. The molecule has 1 heterocycles. The van der Waals surface area contributed by atoms with Gasteiger partial charge in [-0.2, -0.15) is 0 Å². The molecule has 1 aromatic heterocycles. The van der Waals surface area contributed by atoms with Crippen LogP contribution >= 0.6 is 22.9 Å². The highest BCUT2D eigenvalue weighted by Crippen LogP contribution is 2.15. The van der Waals surface area contributed by atoms with Crippen LogP contribution in [-0.4, -0.2) is 11.5 Å². The van der Waals surface area contributed by atoms with E-state index in [1.165, 1.54) is 4.88 Å². The largest absolute Gasteiger partial charge is 0.312 e. The molecule has 0 amide bonds. The molecule has 17 heavy (non-hydrogen) atoms. The van der Waals surface area contributed by atoms with Gasteiger partial charge in [0, 0.05) is 23.0 Å². The lowest BCUT2D eigenvalue weighted by atomic mass is 10.2. The second-order valence-corrected chi connectivity index (χ2v) is 5.23. The lowest BCUT2D eigenvalue weighted by molar-refractivity contribution is 0.689. The number of halogens is 1. The second kappa shape index (κ2) is 6.15. The molecule has 0 aliphatic carbocycles. The predicted molar refractivity (Wildman–Crippen MR) is 73.7 cm³/mol. The number of benzene rings is 1. The first-order valence-corrected chi connectivity index (χ1v) is 6.86. The van der Waals surface area contributed by atoms with Crippen molar-refractivity contribution in [3.05, 3.63) is 50.9 Å². The first-order chi connectivity index (χ1) is 8.27. The number of thiazole rings is 1. The maximum Gasteiger partial charge on any atom is 0.0797 e. The first-order valence-electron chi connectivity index (χ1n) is 5.60. The molecule has 0 spiro atoms. The van der Waals surface area contributed by atoms with Gasteiger partial charge in [-0.05, 0) is 25.0 Å². The van der Waals surface area contributed by atoms with Gasteiger partial charge in [0.25, 0.3) is 0 Å². The normalized spacial score (nSPS) is 10.7. The van der Waals surface area contributed by atoms with Gasteiger partial charge in [-0.15, -0.1) is 11.3 Å². The predicted octanol–water partition coefficient (Wildman–Crippen LogP) is 3.44. The summed E-state index contributed by atoms with van der Waals surface area (Å²) in [4.78, 5) is 5.60. The number of nitrogens with one attached hydrogen (secondary N) is 1. The van der Waals surface area contributed by atoms with Crippen molar-refractivity contribution in [1.29, 1.82) is 0 Å². The Hall–Kier alpha value is -0.900. The number of rotatable bonds is 5. The average Bonchev–Trinajstić information content (AvgIpc) is 2.73. The fourth-order valence-electron chi connectivity index (χ4n) is 1.63. The number of aromatic nitrogens is 1. The molecule has 0 saturated carbocycles. The van der Waals surface area contributed by atoms with Crippen molar-refractivity contribution in [1.82, 2.24) is 10.3 Å². The Morgan fingerprint density at radius 1 is 1.35 bits per heavy atom. The molecule has 0 bridgehead atoms. The molecule has 1 N–H and O–H groups in total. The minimum absolute atomic E-state index is 0.817. The molecule has 0 aliphatic rings. The molecule has 0 fully saturated rings. The van der Waals surface area contributed by atoms with Crippen molar-refractivity contribution in [2.45, 2.75) is 19.9 Å². The van der Waals surface area contributed by atoms with E-state index >= 15 is 0 Å². The molecule has 4 heteroatoms. The molecule has 2 aromatic rings. The van der Waals surface area contributed by atoms with Crippen molar-refractivity contribution in [2.24, 2.45) is 0 Å². The summed E-state index contributed by atoms with van der Waals surface area (Å²) in [6.07, 6.45) is 1.03. The monoisotopic (exact) mass is 266 g/mol. The molecule has 2 rings (SSSR count). The van der Waals surface area contributed by atoms with Crippen LogP contribution in [0.25, 0.3) is 0 Å².